The molecule has 0 unspecified atom stereocenters. The SMILES string of the molecule is CC(F)(F)CSNC1CC(C2=CB(O)Oc3cnc4[nH]ccc4c32)C1. The van der Waals surface area contributed by atoms with E-state index >= 15 is 0 Å². The van der Waals surface area contributed by atoms with Crippen molar-refractivity contribution in [2.45, 2.75) is 31.7 Å². The first-order valence-electron chi connectivity index (χ1n) is 8.19. The molecular weight excluding hydrogens is 347 g/mol. The van der Waals surface area contributed by atoms with E-state index in [2.05, 4.69) is 14.7 Å². The van der Waals surface area contributed by atoms with Crippen LogP contribution in [0, 0.1) is 5.92 Å². The van der Waals surface area contributed by atoms with Crippen LogP contribution >= 0.6 is 11.9 Å². The zero-order valence-electron chi connectivity index (χ0n) is 13.6. The van der Waals surface area contributed by atoms with Crippen molar-refractivity contribution in [1.82, 2.24) is 14.7 Å². The molecule has 1 saturated carbocycles. The molecule has 4 rings (SSSR count). The molecule has 0 bridgehead atoms. The normalized spacial score (nSPS) is 23.0. The van der Waals surface area contributed by atoms with Crippen molar-refractivity contribution in [3.05, 3.63) is 30.0 Å². The van der Waals surface area contributed by atoms with E-state index in [1.165, 1.54) is 0 Å². The van der Waals surface area contributed by atoms with Gasteiger partial charge in [0, 0.05) is 30.1 Å². The smallest absolute Gasteiger partial charge is 0.531 e. The highest BCUT2D eigenvalue weighted by molar-refractivity contribution is 7.97. The van der Waals surface area contributed by atoms with E-state index in [0.717, 1.165) is 53.9 Å². The molecule has 9 heteroatoms. The average Bonchev–Trinajstić information content (AvgIpc) is 2.96. The Morgan fingerprint density at radius 1 is 1.52 bits per heavy atom. The molecule has 5 nitrogen and oxygen atoms in total. The van der Waals surface area contributed by atoms with Crippen LogP contribution in [0.5, 0.6) is 5.75 Å². The van der Waals surface area contributed by atoms with Crippen LogP contribution in [0.25, 0.3) is 16.6 Å². The van der Waals surface area contributed by atoms with Gasteiger partial charge >= 0.3 is 7.12 Å². The maximum Gasteiger partial charge on any atom is 0.552 e. The summed E-state index contributed by atoms with van der Waals surface area (Å²) < 4.78 is 34.3. The second-order valence-electron chi connectivity index (χ2n) is 6.71. The van der Waals surface area contributed by atoms with Crippen molar-refractivity contribution in [3.63, 3.8) is 0 Å². The number of rotatable bonds is 5. The maximum absolute atomic E-state index is 12.9. The minimum Gasteiger partial charge on any atom is -0.531 e. The molecular formula is C16H18BF2N3O2S. The van der Waals surface area contributed by atoms with Gasteiger partial charge in [-0.3, -0.25) is 4.72 Å². The third kappa shape index (κ3) is 3.40. The molecule has 132 valence electrons. The number of alkyl halides is 2. The first kappa shape index (κ1) is 16.9. The summed E-state index contributed by atoms with van der Waals surface area (Å²) >= 11 is 1.07. The Labute approximate surface area is 148 Å². The zero-order valence-corrected chi connectivity index (χ0v) is 14.4. The molecule has 1 fully saturated rings. The van der Waals surface area contributed by atoms with E-state index in [1.807, 2.05) is 12.3 Å². The highest BCUT2D eigenvalue weighted by Gasteiger charge is 2.37. The van der Waals surface area contributed by atoms with Crippen LogP contribution in [0.4, 0.5) is 8.78 Å². The maximum atomic E-state index is 12.9. The summed E-state index contributed by atoms with van der Waals surface area (Å²) in [6.07, 6.45) is 5.13. The molecule has 1 aliphatic carbocycles. The summed E-state index contributed by atoms with van der Waals surface area (Å²) in [5.41, 5.74) is 2.79. The van der Waals surface area contributed by atoms with E-state index in [4.69, 9.17) is 4.65 Å². The topological polar surface area (TPSA) is 70.2 Å². The lowest BCUT2D eigenvalue weighted by Crippen LogP contribution is -2.40. The lowest BCUT2D eigenvalue weighted by molar-refractivity contribution is 0.0490. The lowest BCUT2D eigenvalue weighted by Gasteiger charge is -2.39. The average molecular weight is 365 g/mol. The molecule has 1 aliphatic heterocycles. The van der Waals surface area contributed by atoms with Crippen molar-refractivity contribution in [2.75, 3.05) is 5.75 Å². The number of H-pyrrole nitrogens is 1. The fraction of sp³-hybridized carbons (Fsp3) is 0.438. The van der Waals surface area contributed by atoms with E-state index in [9.17, 15) is 13.8 Å². The molecule has 3 N–H and O–H groups in total. The number of pyridine rings is 1. The molecule has 0 saturated heterocycles. The predicted molar refractivity (Wildman–Crippen MR) is 95.4 cm³/mol. The second-order valence-corrected chi connectivity index (χ2v) is 7.52. The summed E-state index contributed by atoms with van der Waals surface area (Å²) in [5, 5.41) is 10.9. The summed E-state index contributed by atoms with van der Waals surface area (Å²) in [7, 11) is -0.985. The Kier molecular flexibility index (Phi) is 4.25. The van der Waals surface area contributed by atoms with Gasteiger partial charge in [0.05, 0.1) is 11.9 Å². The molecule has 2 aromatic heterocycles. The third-order valence-corrected chi connectivity index (χ3v) is 5.72. The lowest BCUT2D eigenvalue weighted by atomic mass is 9.68. The van der Waals surface area contributed by atoms with Crippen LogP contribution < -0.4 is 9.38 Å². The highest BCUT2D eigenvalue weighted by Crippen LogP contribution is 2.46. The largest absolute Gasteiger partial charge is 0.552 e. The molecule has 25 heavy (non-hydrogen) atoms. The monoisotopic (exact) mass is 365 g/mol. The summed E-state index contributed by atoms with van der Waals surface area (Å²) in [4.78, 5) is 7.38. The Morgan fingerprint density at radius 3 is 3.08 bits per heavy atom. The fourth-order valence-electron chi connectivity index (χ4n) is 3.37. The van der Waals surface area contributed by atoms with E-state index in [1.54, 1.807) is 12.2 Å². The van der Waals surface area contributed by atoms with Crippen LogP contribution in [0.15, 0.2) is 24.4 Å². The Hall–Kier alpha value is -1.58. The van der Waals surface area contributed by atoms with Gasteiger partial charge in [-0.2, -0.15) is 0 Å². The molecule has 0 amide bonds. The van der Waals surface area contributed by atoms with Gasteiger partial charge in [0.25, 0.3) is 5.92 Å². The highest BCUT2D eigenvalue weighted by atomic mass is 32.2. The Morgan fingerprint density at radius 2 is 2.32 bits per heavy atom. The van der Waals surface area contributed by atoms with Gasteiger partial charge < -0.3 is 14.7 Å². The van der Waals surface area contributed by atoms with Gasteiger partial charge in [-0.15, -0.1) is 0 Å². The quantitative estimate of drug-likeness (QED) is 0.561. The molecule has 3 heterocycles. The molecule has 2 aliphatic rings. The Bertz CT molecular complexity index is 817. The number of nitrogens with zero attached hydrogens (tertiary/aromatic N) is 1. The van der Waals surface area contributed by atoms with Crippen molar-refractivity contribution < 1.29 is 18.5 Å². The first-order chi connectivity index (χ1) is 11.9. The van der Waals surface area contributed by atoms with Gasteiger partial charge in [-0.05, 0) is 36.4 Å². The van der Waals surface area contributed by atoms with Gasteiger partial charge in [-0.25, -0.2) is 13.8 Å². The van der Waals surface area contributed by atoms with Gasteiger partial charge in [0.1, 0.15) is 11.4 Å². The Balaban J connectivity index is 1.48. The standard InChI is InChI=1S/C16H18BF2N3O2S/c1-16(18,19)8-25-22-10-4-9(5-10)12-6-17(23)24-13-7-21-15-11(14(12)13)2-3-20-15/h2-3,6-7,9-10,22-23H,4-5,8H2,1H3,(H,20,21). The second kappa shape index (κ2) is 6.30. The fourth-order valence-corrected chi connectivity index (χ4v) is 4.14. The first-order valence-corrected chi connectivity index (χ1v) is 9.17. The minimum atomic E-state index is -2.67. The van der Waals surface area contributed by atoms with Crippen LogP contribution in [-0.2, 0) is 0 Å². The van der Waals surface area contributed by atoms with Crippen LogP contribution in [0.1, 0.15) is 25.3 Å². The molecule has 0 atom stereocenters. The van der Waals surface area contributed by atoms with Gasteiger partial charge in [0.15, 0.2) is 0 Å². The van der Waals surface area contributed by atoms with Gasteiger partial charge in [-0.1, -0.05) is 11.9 Å². The number of hydrogen-bond acceptors (Lipinski definition) is 5. The minimum absolute atomic E-state index is 0.199. The third-order valence-electron chi connectivity index (χ3n) is 4.56. The molecule has 0 radical (unpaired) electrons. The number of fused-ring (bicyclic) bond motifs is 3. The zero-order chi connectivity index (χ0) is 17.6. The molecule has 0 aromatic carbocycles. The van der Waals surface area contributed by atoms with Gasteiger partial charge in [0.2, 0.25) is 0 Å². The van der Waals surface area contributed by atoms with Crippen LogP contribution in [-0.4, -0.2) is 39.8 Å². The van der Waals surface area contributed by atoms with E-state index < -0.39 is 13.0 Å². The summed E-state index contributed by atoms with van der Waals surface area (Å²) in [6, 6.07) is 2.15. The van der Waals surface area contributed by atoms with Crippen molar-refractivity contribution in [2.24, 2.45) is 5.92 Å². The summed E-state index contributed by atoms with van der Waals surface area (Å²) in [5.74, 6) is -0.322. The van der Waals surface area contributed by atoms with Crippen molar-refractivity contribution in [1.29, 1.82) is 0 Å². The number of halogens is 2. The number of nitrogens with one attached hydrogen (secondary N) is 2. The van der Waals surface area contributed by atoms with E-state index in [-0.39, 0.29) is 17.7 Å². The van der Waals surface area contributed by atoms with Crippen molar-refractivity contribution >= 4 is 35.7 Å². The number of aromatic nitrogens is 2. The van der Waals surface area contributed by atoms with Crippen molar-refractivity contribution in [3.8, 4) is 5.75 Å². The molecule has 0 spiro atoms. The van der Waals surface area contributed by atoms with E-state index in [0.29, 0.717) is 5.75 Å². The number of allylic oxidation sites excluding steroid dienone is 1. The summed E-state index contributed by atoms with van der Waals surface area (Å²) in [6.45, 7) is 0.923. The van der Waals surface area contributed by atoms with Crippen LogP contribution in [0.2, 0.25) is 0 Å². The predicted octanol–water partition coefficient (Wildman–Crippen LogP) is 3.03. The number of hydrogen-bond donors (Lipinski definition) is 3. The number of aromatic amines is 1. The molecule has 2 aromatic rings. The van der Waals surface area contributed by atoms with Crippen LogP contribution in [0.3, 0.4) is 0 Å².